The zero-order valence-electron chi connectivity index (χ0n) is 19.6. The summed E-state index contributed by atoms with van der Waals surface area (Å²) in [5, 5.41) is 3.06. The third-order valence-corrected chi connectivity index (χ3v) is 8.26. The SMILES string of the molecule is Cc1cc(C)c2c(c1)C(NC(=O)CCC(=O)N1CCN(S(=O)(=O)c3ccccc3)CC1)CCO2. The zero-order chi connectivity index (χ0) is 24.3. The minimum Gasteiger partial charge on any atom is -0.493 e. The maximum absolute atomic E-state index is 12.8. The summed E-state index contributed by atoms with van der Waals surface area (Å²) in [5.41, 5.74) is 3.15. The van der Waals surface area contributed by atoms with Crippen LogP contribution in [0.5, 0.6) is 5.75 Å². The normalized spacial score (nSPS) is 18.6. The number of carbonyl (C=O) groups is 2. The maximum atomic E-state index is 12.8. The van der Waals surface area contributed by atoms with Crippen LogP contribution in [-0.2, 0) is 19.6 Å². The molecular weight excluding hydrogens is 454 g/mol. The molecule has 2 heterocycles. The van der Waals surface area contributed by atoms with Crippen LogP contribution in [-0.4, -0.2) is 62.2 Å². The number of ether oxygens (including phenoxy) is 1. The second-order valence-corrected chi connectivity index (χ2v) is 10.8. The molecule has 2 aromatic carbocycles. The standard InChI is InChI=1S/C25H31N3O5S/c1-18-16-19(2)25-21(17-18)22(10-15-33-25)26-23(29)8-9-24(30)27-11-13-28(14-12-27)34(31,32)20-6-4-3-5-7-20/h3-7,16-17,22H,8-15H2,1-2H3,(H,26,29). The number of nitrogens with zero attached hydrogens (tertiary/aromatic N) is 2. The Kier molecular flexibility index (Phi) is 7.23. The Morgan fingerprint density at radius 2 is 1.74 bits per heavy atom. The first-order valence-corrected chi connectivity index (χ1v) is 13.1. The fourth-order valence-electron chi connectivity index (χ4n) is 4.59. The van der Waals surface area contributed by atoms with E-state index < -0.39 is 10.0 Å². The second kappa shape index (κ2) is 10.1. The molecule has 0 aliphatic carbocycles. The van der Waals surface area contributed by atoms with Crippen molar-refractivity contribution in [3.8, 4) is 5.75 Å². The van der Waals surface area contributed by atoms with E-state index in [1.807, 2.05) is 19.9 Å². The number of piperazine rings is 1. The third-order valence-electron chi connectivity index (χ3n) is 6.35. The highest BCUT2D eigenvalue weighted by molar-refractivity contribution is 7.89. The van der Waals surface area contributed by atoms with Gasteiger partial charge in [0.15, 0.2) is 0 Å². The van der Waals surface area contributed by atoms with E-state index >= 15 is 0 Å². The highest BCUT2D eigenvalue weighted by atomic mass is 32.2. The summed E-state index contributed by atoms with van der Waals surface area (Å²) in [6.07, 6.45) is 0.881. The van der Waals surface area contributed by atoms with Crippen LogP contribution in [0.2, 0.25) is 0 Å². The van der Waals surface area contributed by atoms with Gasteiger partial charge in [-0.15, -0.1) is 0 Å². The van der Waals surface area contributed by atoms with Crippen molar-refractivity contribution in [3.05, 3.63) is 59.2 Å². The maximum Gasteiger partial charge on any atom is 0.243 e. The van der Waals surface area contributed by atoms with Crippen LogP contribution in [0.15, 0.2) is 47.4 Å². The predicted octanol–water partition coefficient (Wildman–Crippen LogP) is 2.56. The number of rotatable bonds is 6. The number of sulfonamides is 1. The predicted molar refractivity (Wildman–Crippen MR) is 128 cm³/mol. The molecule has 1 fully saturated rings. The van der Waals surface area contributed by atoms with Crippen LogP contribution in [0.3, 0.4) is 0 Å². The van der Waals surface area contributed by atoms with Crippen molar-refractivity contribution in [2.24, 2.45) is 0 Å². The number of fused-ring (bicyclic) bond motifs is 1. The first kappa shape index (κ1) is 24.2. The van der Waals surface area contributed by atoms with Crippen molar-refractivity contribution in [1.82, 2.24) is 14.5 Å². The largest absolute Gasteiger partial charge is 0.493 e. The van der Waals surface area contributed by atoms with Crippen molar-refractivity contribution in [1.29, 1.82) is 0 Å². The Balaban J connectivity index is 1.27. The van der Waals surface area contributed by atoms with Gasteiger partial charge in [0.2, 0.25) is 21.8 Å². The molecule has 0 bridgehead atoms. The summed E-state index contributed by atoms with van der Waals surface area (Å²) in [5.74, 6) is 0.531. The Hall–Kier alpha value is -2.91. The van der Waals surface area contributed by atoms with Crippen LogP contribution in [0.1, 0.15) is 42.0 Å². The number of hydrogen-bond acceptors (Lipinski definition) is 5. The Labute approximate surface area is 200 Å². The molecule has 182 valence electrons. The number of amides is 2. The lowest BCUT2D eigenvalue weighted by molar-refractivity contribution is -0.134. The number of carbonyl (C=O) groups excluding carboxylic acids is 2. The molecule has 1 N–H and O–H groups in total. The number of benzene rings is 2. The minimum absolute atomic E-state index is 0.0961. The summed E-state index contributed by atoms with van der Waals surface area (Å²) in [6.45, 7) is 5.68. The van der Waals surface area contributed by atoms with E-state index in [1.165, 1.54) is 4.31 Å². The molecule has 2 aromatic rings. The van der Waals surface area contributed by atoms with Crippen molar-refractivity contribution >= 4 is 21.8 Å². The fourth-order valence-corrected chi connectivity index (χ4v) is 6.04. The van der Waals surface area contributed by atoms with Crippen LogP contribution in [0.4, 0.5) is 0 Å². The summed E-state index contributed by atoms with van der Waals surface area (Å²) in [4.78, 5) is 27.2. The topological polar surface area (TPSA) is 96.0 Å². The second-order valence-electron chi connectivity index (χ2n) is 8.86. The quantitative estimate of drug-likeness (QED) is 0.679. The molecule has 2 amide bonds. The first-order chi connectivity index (χ1) is 16.3. The molecule has 2 aliphatic rings. The van der Waals surface area contributed by atoms with Gasteiger partial charge < -0.3 is 15.0 Å². The van der Waals surface area contributed by atoms with E-state index in [4.69, 9.17) is 4.74 Å². The molecule has 0 saturated carbocycles. The molecular formula is C25H31N3O5S. The van der Waals surface area contributed by atoms with Gasteiger partial charge in [-0.3, -0.25) is 9.59 Å². The molecule has 34 heavy (non-hydrogen) atoms. The van der Waals surface area contributed by atoms with E-state index in [0.717, 1.165) is 22.4 Å². The fraction of sp³-hybridized carbons (Fsp3) is 0.440. The summed E-state index contributed by atoms with van der Waals surface area (Å²) >= 11 is 0. The lowest BCUT2D eigenvalue weighted by Gasteiger charge is -2.34. The van der Waals surface area contributed by atoms with E-state index in [9.17, 15) is 18.0 Å². The Morgan fingerprint density at radius 1 is 1.03 bits per heavy atom. The molecule has 0 spiro atoms. The minimum atomic E-state index is -3.56. The molecule has 1 atom stereocenters. The number of nitrogens with one attached hydrogen (secondary N) is 1. The van der Waals surface area contributed by atoms with Gasteiger partial charge >= 0.3 is 0 Å². The van der Waals surface area contributed by atoms with Crippen LogP contribution < -0.4 is 10.1 Å². The van der Waals surface area contributed by atoms with Gasteiger partial charge in [-0.2, -0.15) is 4.31 Å². The van der Waals surface area contributed by atoms with Gasteiger partial charge in [0, 0.05) is 51.0 Å². The van der Waals surface area contributed by atoms with Crippen LogP contribution in [0, 0.1) is 13.8 Å². The molecule has 1 unspecified atom stereocenters. The monoisotopic (exact) mass is 485 g/mol. The van der Waals surface area contributed by atoms with Crippen molar-refractivity contribution < 1.29 is 22.7 Å². The molecule has 8 nitrogen and oxygen atoms in total. The smallest absolute Gasteiger partial charge is 0.243 e. The van der Waals surface area contributed by atoms with Crippen LogP contribution in [0.25, 0.3) is 0 Å². The lowest BCUT2D eigenvalue weighted by Crippen LogP contribution is -2.50. The first-order valence-electron chi connectivity index (χ1n) is 11.6. The highest BCUT2D eigenvalue weighted by Crippen LogP contribution is 2.35. The van der Waals surface area contributed by atoms with Gasteiger partial charge in [0.05, 0.1) is 17.5 Å². The summed E-state index contributed by atoms with van der Waals surface area (Å²) in [7, 11) is -3.56. The van der Waals surface area contributed by atoms with Gasteiger partial charge in [-0.25, -0.2) is 8.42 Å². The summed E-state index contributed by atoms with van der Waals surface area (Å²) < 4.78 is 32.7. The highest BCUT2D eigenvalue weighted by Gasteiger charge is 2.30. The van der Waals surface area contributed by atoms with Crippen LogP contribution >= 0.6 is 0 Å². The summed E-state index contributed by atoms with van der Waals surface area (Å²) in [6, 6.07) is 12.3. The van der Waals surface area contributed by atoms with Crippen molar-refractivity contribution in [2.75, 3.05) is 32.8 Å². The molecule has 1 saturated heterocycles. The van der Waals surface area contributed by atoms with Crippen molar-refractivity contribution in [3.63, 3.8) is 0 Å². The van der Waals surface area contributed by atoms with Gasteiger partial charge in [0.25, 0.3) is 0 Å². The van der Waals surface area contributed by atoms with Crippen molar-refractivity contribution in [2.45, 2.75) is 44.0 Å². The molecule has 9 heteroatoms. The van der Waals surface area contributed by atoms with Gasteiger partial charge in [0.1, 0.15) is 5.75 Å². The molecule has 0 aromatic heterocycles. The molecule has 4 rings (SSSR count). The van der Waals surface area contributed by atoms with Gasteiger partial charge in [-0.05, 0) is 31.5 Å². The Morgan fingerprint density at radius 3 is 2.44 bits per heavy atom. The zero-order valence-corrected chi connectivity index (χ0v) is 20.4. The van der Waals surface area contributed by atoms with E-state index in [2.05, 4.69) is 11.4 Å². The number of hydrogen-bond donors (Lipinski definition) is 1. The van der Waals surface area contributed by atoms with Gasteiger partial charge in [-0.1, -0.05) is 35.9 Å². The lowest BCUT2D eigenvalue weighted by atomic mass is 9.95. The molecule has 0 radical (unpaired) electrons. The van der Waals surface area contributed by atoms with E-state index in [0.29, 0.717) is 26.1 Å². The average molecular weight is 486 g/mol. The Bertz CT molecular complexity index is 1160. The molecule has 2 aliphatic heterocycles. The number of aryl methyl sites for hydroxylation is 2. The average Bonchev–Trinajstić information content (AvgIpc) is 2.83. The van der Waals surface area contributed by atoms with E-state index in [1.54, 1.807) is 35.2 Å². The van der Waals surface area contributed by atoms with E-state index in [-0.39, 0.29) is 48.7 Å². The third kappa shape index (κ3) is 5.26.